The molecule has 0 unspecified atom stereocenters. The van der Waals surface area contributed by atoms with Crippen LogP contribution >= 0.6 is 0 Å². The van der Waals surface area contributed by atoms with E-state index in [2.05, 4.69) is 21.1 Å². The van der Waals surface area contributed by atoms with E-state index in [-0.39, 0.29) is 6.01 Å². The van der Waals surface area contributed by atoms with Gasteiger partial charge in [0.15, 0.2) is 5.75 Å². The highest BCUT2D eigenvalue weighted by molar-refractivity contribution is 5.47. The molecule has 0 aromatic carbocycles. The van der Waals surface area contributed by atoms with Gasteiger partial charge in [-0.1, -0.05) is 0 Å². The predicted molar refractivity (Wildman–Crippen MR) is 59.5 cm³/mol. The summed E-state index contributed by atoms with van der Waals surface area (Å²) in [6.45, 7) is 3.61. The molecule has 0 N–H and O–H groups in total. The Morgan fingerprint density at radius 2 is 2.18 bits per heavy atom. The van der Waals surface area contributed by atoms with Crippen LogP contribution in [0.2, 0.25) is 0 Å². The molecule has 0 aliphatic carbocycles. The molecule has 0 atom stereocenters. The van der Waals surface area contributed by atoms with Crippen molar-refractivity contribution in [3.8, 4) is 17.8 Å². The highest BCUT2D eigenvalue weighted by Gasteiger charge is 2.12. The molecule has 0 aliphatic heterocycles. The minimum absolute atomic E-state index is 0.217. The molecule has 86 valence electrons. The standard InChI is InChI=1S/C11H11N5O/c1-7-4-10(9(5-12)8(2)14-7)17-11-13-6-16(3)15-11/h4,6H,1-3H3. The van der Waals surface area contributed by atoms with Crippen LogP contribution in [-0.2, 0) is 7.05 Å². The van der Waals surface area contributed by atoms with Crippen molar-refractivity contribution in [2.45, 2.75) is 13.8 Å². The van der Waals surface area contributed by atoms with E-state index < -0.39 is 0 Å². The van der Waals surface area contributed by atoms with Crippen LogP contribution in [0.3, 0.4) is 0 Å². The number of ether oxygens (including phenoxy) is 1. The zero-order chi connectivity index (χ0) is 12.4. The summed E-state index contributed by atoms with van der Waals surface area (Å²) in [6, 6.07) is 3.98. The molecule has 2 heterocycles. The maximum absolute atomic E-state index is 9.06. The van der Waals surface area contributed by atoms with E-state index in [1.807, 2.05) is 6.92 Å². The van der Waals surface area contributed by atoms with Crippen molar-refractivity contribution in [2.75, 3.05) is 0 Å². The van der Waals surface area contributed by atoms with Crippen LogP contribution in [0.25, 0.3) is 0 Å². The molecular weight excluding hydrogens is 218 g/mol. The molecule has 6 heteroatoms. The number of aromatic nitrogens is 4. The first-order chi connectivity index (χ1) is 8.10. The van der Waals surface area contributed by atoms with Gasteiger partial charge in [-0.05, 0) is 13.8 Å². The van der Waals surface area contributed by atoms with Crippen molar-refractivity contribution in [3.05, 3.63) is 29.3 Å². The summed E-state index contributed by atoms with van der Waals surface area (Å²) in [5, 5.41) is 13.1. The van der Waals surface area contributed by atoms with Crippen molar-refractivity contribution >= 4 is 0 Å². The van der Waals surface area contributed by atoms with Gasteiger partial charge in [0.25, 0.3) is 0 Å². The lowest BCUT2D eigenvalue weighted by atomic mass is 10.2. The molecule has 0 saturated carbocycles. The third-order valence-electron chi connectivity index (χ3n) is 2.18. The van der Waals surface area contributed by atoms with Gasteiger partial charge < -0.3 is 4.74 Å². The highest BCUT2D eigenvalue weighted by Crippen LogP contribution is 2.24. The quantitative estimate of drug-likeness (QED) is 0.779. The second-order valence-electron chi connectivity index (χ2n) is 3.64. The summed E-state index contributed by atoms with van der Waals surface area (Å²) < 4.78 is 7.01. The van der Waals surface area contributed by atoms with E-state index in [0.29, 0.717) is 17.0 Å². The zero-order valence-electron chi connectivity index (χ0n) is 9.80. The van der Waals surface area contributed by atoms with Gasteiger partial charge in [-0.3, -0.25) is 9.67 Å². The van der Waals surface area contributed by atoms with Gasteiger partial charge in [-0.2, -0.15) is 10.2 Å². The van der Waals surface area contributed by atoms with Gasteiger partial charge in [-0.15, -0.1) is 5.10 Å². The van der Waals surface area contributed by atoms with Gasteiger partial charge >= 0.3 is 6.01 Å². The smallest absolute Gasteiger partial charge is 0.341 e. The van der Waals surface area contributed by atoms with Gasteiger partial charge in [0.05, 0.1) is 5.69 Å². The molecule has 2 rings (SSSR count). The van der Waals surface area contributed by atoms with Crippen LogP contribution < -0.4 is 4.74 Å². The first kappa shape index (κ1) is 11.1. The van der Waals surface area contributed by atoms with Gasteiger partial charge in [0.2, 0.25) is 0 Å². The van der Waals surface area contributed by atoms with E-state index in [1.165, 1.54) is 11.0 Å². The summed E-state index contributed by atoms with van der Waals surface area (Å²) in [7, 11) is 1.74. The fourth-order valence-corrected chi connectivity index (χ4v) is 1.47. The Kier molecular flexibility index (Phi) is 2.75. The zero-order valence-corrected chi connectivity index (χ0v) is 9.80. The average molecular weight is 229 g/mol. The van der Waals surface area contributed by atoms with E-state index in [9.17, 15) is 0 Å². The summed E-state index contributed by atoms with van der Waals surface area (Å²) >= 11 is 0. The topological polar surface area (TPSA) is 76.6 Å². The normalized spacial score (nSPS) is 10.0. The van der Waals surface area contributed by atoms with Crippen LogP contribution in [0.15, 0.2) is 12.4 Å². The Morgan fingerprint density at radius 1 is 1.41 bits per heavy atom. The molecular formula is C11H11N5O. The number of hydrogen-bond donors (Lipinski definition) is 0. The maximum Gasteiger partial charge on any atom is 0.341 e. The minimum Gasteiger partial charge on any atom is -0.422 e. The number of aryl methyl sites for hydroxylation is 3. The molecule has 2 aromatic heterocycles. The number of nitrogens with zero attached hydrogens (tertiary/aromatic N) is 5. The first-order valence-corrected chi connectivity index (χ1v) is 5.02. The molecule has 0 fully saturated rings. The summed E-state index contributed by atoms with van der Waals surface area (Å²) in [5.41, 5.74) is 1.83. The lowest BCUT2D eigenvalue weighted by Crippen LogP contribution is -1.97. The molecule has 0 aliphatic rings. The number of hydrogen-bond acceptors (Lipinski definition) is 5. The van der Waals surface area contributed by atoms with Gasteiger partial charge in [-0.25, -0.2) is 0 Å². The van der Waals surface area contributed by atoms with Crippen LogP contribution in [0, 0.1) is 25.2 Å². The lowest BCUT2D eigenvalue weighted by molar-refractivity contribution is 0.436. The second kappa shape index (κ2) is 4.22. The van der Waals surface area contributed by atoms with Crippen LogP contribution in [0.1, 0.15) is 17.0 Å². The molecule has 0 radical (unpaired) electrons. The summed E-state index contributed by atoms with van der Waals surface area (Å²) in [6.07, 6.45) is 1.53. The molecule has 0 bridgehead atoms. The third-order valence-corrected chi connectivity index (χ3v) is 2.18. The lowest BCUT2D eigenvalue weighted by Gasteiger charge is -2.06. The van der Waals surface area contributed by atoms with Gasteiger partial charge in [0, 0.05) is 18.8 Å². The Balaban J connectivity index is 2.42. The van der Waals surface area contributed by atoms with Crippen LogP contribution in [-0.4, -0.2) is 19.7 Å². The number of nitriles is 1. The Labute approximate surface area is 98.5 Å². The number of rotatable bonds is 2. The van der Waals surface area contributed by atoms with E-state index >= 15 is 0 Å². The molecule has 0 spiro atoms. The van der Waals surface area contributed by atoms with Gasteiger partial charge in [0.1, 0.15) is 18.0 Å². The molecule has 6 nitrogen and oxygen atoms in total. The van der Waals surface area contributed by atoms with E-state index in [0.717, 1.165) is 5.69 Å². The maximum atomic E-state index is 9.06. The minimum atomic E-state index is 0.217. The fraction of sp³-hybridized carbons (Fsp3) is 0.273. The average Bonchev–Trinajstić information content (AvgIpc) is 2.63. The molecule has 17 heavy (non-hydrogen) atoms. The molecule has 0 amide bonds. The SMILES string of the molecule is Cc1cc(Oc2ncn(C)n2)c(C#N)c(C)n1. The van der Waals surface area contributed by atoms with Crippen molar-refractivity contribution < 1.29 is 4.74 Å². The number of pyridine rings is 1. The Hall–Kier alpha value is -2.42. The van der Waals surface area contributed by atoms with Crippen LogP contribution in [0.4, 0.5) is 0 Å². The Morgan fingerprint density at radius 3 is 2.76 bits per heavy atom. The van der Waals surface area contributed by atoms with E-state index in [4.69, 9.17) is 10.00 Å². The third kappa shape index (κ3) is 2.23. The van der Waals surface area contributed by atoms with E-state index in [1.54, 1.807) is 20.0 Å². The molecule has 0 saturated heterocycles. The fourth-order valence-electron chi connectivity index (χ4n) is 1.47. The van der Waals surface area contributed by atoms with Crippen molar-refractivity contribution in [1.29, 1.82) is 5.26 Å². The predicted octanol–water partition coefficient (Wildman–Crippen LogP) is 1.49. The second-order valence-corrected chi connectivity index (χ2v) is 3.64. The monoisotopic (exact) mass is 229 g/mol. The highest BCUT2D eigenvalue weighted by atomic mass is 16.5. The van der Waals surface area contributed by atoms with Crippen molar-refractivity contribution in [3.63, 3.8) is 0 Å². The van der Waals surface area contributed by atoms with Crippen molar-refractivity contribution in [2.24, 2.45) is 7.05 Å². The largest absolute Gasteiger partial charge is 0.422 e. The van der Waals surface area contributed by atoms with Crippen LogP contribution in [0.5, 0.6) is 11.8 Å². The summed E-state index contributed by atoms with van der Waals surface area (Å²) in [4.78, 5) is 8.15. The Bertz CT molecular complexity index is 596. The first-order valence-electron chi connectivity index (χ1n) is 5.02. The molecule has 2 aromatic rings. The van der Waals surface area contributed by atoms with Crippen molar-refractivity contribution in [1.82, 2.24) is 19.7 Å². The summed E-state index contributed by atoms with van der Waals surface area (Å²) in [5.74, 6) is 0.434.